The highest BCUT2D eigenvalue weighted by Gasteiger charge is 2.12. The molecule has 0 unspecified atom stereocenters. The lowest BCUT2D eigenvalue weighted by Gasteiger charge is -1.93. The van der Waals surface area contributed by atoms with Crippen molar-refractivity contribution < 1.29 is 9.84 Å². The van der Waals surface area contributed by atoms with Crippen molar-refractivity contribution >= 4 is 11.8 Å². The zero-order valence-electron chi connectivity index (χ0n) is 5.16. The predicted molar refractivity (Wildman–Crippen MR) is 37.9 cm³/mol. The average molecular weight is 153 g/mol. The van der Waals surface area contributed by atoms with E-state index in [2.05, 4.69) is 0 Å². The molecule has 0 bridgehead atoms. The van der Waals surface area contributed by atoms with Crippen LogP contribution in [-0.4, -0.2) is 5.94 Å². The summed E-state index contributed by atoms with van der Waals surface area (Å²) >= 11 is 1.56. The lowest BCUT2D eigenvalue weighted by molar-refractivity contribution is 0.350. The van der Waals surface area contributed by atoms with E-state index in [9.17, 15) is 5.11 Å². The largest absolute Gasteiger partial charge is 0.481 e. The van der Waals surface area contributed by atoms with Gasteiger partial charge in [-0.05, 0) is 12.1 Å². The van der Waals surface area contributed by atoms with Gasteiger partial charge in [0.2, 0.25) is 0 Å². The summed E-state index contributed by atoms with van der Waals surface area (Å²) in [6, 6.07) is 4.84. The van der Waals surface area contributed by atoms with E-state index in [-0.39, 0.29) is 5.75 Å². The van der Waals surface area contributed by atoms with Crippen LogP contribution in [0.3, 0.4) is 0 Å². The molecule has 0 saturated heterocycles. The molecule has 1 radical (unpaired) electrons. The Bertz CT molecular complexity index is 260. The van der Waals surface area contributed by atoms with Crippen molar-refractivity contribution in [2.45, 2.75) is 4.90 Å². The summed E-state index contributed by atoms with van der Waals surface area (Å²) in [7, 11) is 0. The van der Waals surface area contributed by atoms with Gasteiger partial charge < -0.3 is 4.74 Å². The molecule has 0 atom stereocenters. The molecule has 51 valence electrons. The SMILES string of the molecule is [O]c1ccc2c(c1)SCO2. The van der Waals surface area contributed by atoms with Crippen molar-refractivity contribution in [3.8, 4) is 11.5 Å². The van der Waals surface area contributed by atoms with Crippen LogP contribution in [0, 0.1) is 0 Å². The number of benzene rings is 1. The Hall–Kier alpha value is -0.830. The molecular formula is C7H5O2S. The van der Waals surface area contributed by atoms with E-state index in [1.165, 1.54) is 6.07 Å². The molecule has 1 aliphatic rings. The molecule has 0 saturated carbocycles. The molecule has 2 nitrogen and oxygen atoms in total. The third-order valence-corrected chi connectivity index (χ3v) is 2.21. The Kier molecular flexibility index (Phi) is 1.24. The summed E-state index contributed by atoms with van der Waals surface area (Å²) < 4.78 is 5.18. The number of ether oxygens (including phenoxy) is 1. The Morgan fingerprint density at radius 2 is 2.40 bits per heavy atom. The van der Waals surface area contributed by atoms with Gasteiger partial charge >= 0.3 is 0 Å². The number of thioether (sulfide) groups is 1. The van der Waals surface area contributed by atoms with Crippen LogP contribution in [-0.2, 0) is 5.11 Å². The molecule has 2 rings (SSSR count). The van der Waals surface area contributed by atoms with Crippen LogP contribution in [0.15, 0.2) is 23.1 Å². The number of fused-ring (bicyclic) bond motifs is 1. The Morgan fingerprint density at radius 3 is 3.30 bits per heavy atom. The van der Waals surface area contributed by atoms with E-state index in [0.29, 0.717) is 5.94 Å². The third kappa shape index (κ3) is 0.827. The Morgan fingerprint density at radius 1 is 1.50 bits per heavy atom. The monoisotopic (exact) mass is 153 g/mol. The van der Waals surface area contributed by atoms with Crippen LogP contribution in [0.2, 0.25) is 0 Å². The molecule has 1 aromatic carbocycles. The van der Waals surface area contributed by atoms with Gasteiger partial charge in [-0.25, -0.2) is 0 Å². The lowest BCUT2D eigenvalue weighted by atomic mass is 10.3. The molecule has 0 N–H and O–H groups in total. The molecule has 1 aliphatic heterocycles. The molecule has 0 fully saturated rings. The summed E-state index contributed by atoms with van der Waals surface area (Å²) in [4.78, 5) is 0.965. The number of rotatable bonds is 0. The summed E-state index contributed by atoms with van der Waals surface area (Å²) in [5, 5.41) is 10.8. The fourth-order valence-electron chi connectivity index (χ4n) is 0.877. The van der Waals surface area contributed by atoms with Gasteiger partial charge in [0.25, 0.3) is 0 Å². The second-order valence-corrected chi connectivity index (χ2v) is 2.98. The highest BCUT2D eigenvalue weighted by atomic mass is 32.2. The van der Waals surface area contributed by atoms with Crippen molar-refractivity contribution in [1.29, 1.82) is 0 Å². The smallest absolute Gasteiger partial charge is 0.180 e. The van der Waals surface area contributed by atoms with Gasteiger partial charge in [-0.1, -0.05) is 11.8 Å². The van der Waals surface area contributed by atoms with E-state index in [1.807, 2.05) is 0 Å². The van der Waals surface area contributed by atoms with Gasteiger partial charge in [-0.3, -0.25) is 5.11 Å². The number of hydrogen-bond donors (Lipinski definition) is 0. The zero-order chi connectivity index (χ0) is 6.97. The molecule has 10 heavy (non-hydrogen) atoms. The maximum Gasteiger partial charge on any atom is 0.180 e. The highest BCUT2D eigenvalue weighted by Crippen LogP contribution is 2.37. The van der Waals surface area contributed by atoms with Crippen LogP contribution < -0.4 is 4.74 Å². The van der Waals surface area contributed by atoms with Crippen LogP contribution in [0.25, 0.3) is 0 Å². The summed E-state index contributed by atoms with van der Waals surface area (Å²) in [5.74, 6) is 1.53. The van der Waals surface area contributed by atoms with Gasteiger partial charge in [-0.15, -0.1) is 0 Å². The molecular weight excluding hydrogens is 148 g/mol. The molecule has 0 aromatic heterocycles. The summed E-state index contributed by atoms with van der Waals surface area (Å²) in [6.45, 7) is 0. The fraction of sp³-hybridized carbons (Fsp3) is 0.143. The van der Waals surface area contributed by atoms with E-state index >= 15 is 0 Å². The van der Waals surface area contributed by atoms with Gasteiger partial charge in [0, 0.05) is 6.07 Å². The molecule has 1 heterocycles. The van der Waals surface area contributed by atoms with Crippen molar-refractivity contribution in [3.05, 3.63) is 18.2 Å². The first-order chi connectivity index (χ1) is 4.86. The van der Waals surface area contributed by atoms with E-state index in [1.54, 1.807) is 23.9 Å². The molecule has 1 aromatic rings. The second kappa shape index (κ2) is 2.09. The average Bonchev–Trinajstić information content (AvgIpc) is 2.33. The first-order valence-electron chi connectivity index (χ1n) is 2.93. The standard InChI is InChI=1S/C7H5O2S/c8-5-1-2-6-7(3-5)10-4-9-6/h1-3H,4H2. The van der Waals surface area contributed by atoms with Gasteiger partial charge in [0.1, 0.15) is 11.7 Å². The summed E-state index contributed by atoms with van der Waals surface area (Å²) in [5.41, 5.74) is 0. The van der Waals surface area contributed by atoms with Crippen LogP contribution in [0.1, 0.15) is 0 Å². The van der Waals surface area contributed by atoms with Crippen molar-refractivity contribution in [2.75, 3.05) is 5.94 Å². The minimum absolute atomic E-state index is 0.0525. The maximum absolute atomic E-state index is 10.8. The van der Waals surface area contributed by atoms with E-state index in [0.717, 1.165) is 10.6 Å². The van der Waals surface area contributed by atoms with Crippen LogP contribution in [0.5, 0.6) is 11.5 Å². The van der Waals surface area contributed by atoms with Gasteiger partial charge in [0.05, 0.1) is 4.90 Å². The van der Waals surface area contributed by atoms with Crippen LogP contribution >= 0.6 is 11.8 Å². The van der Waals surface area contributed by atoms with Crippen molar-refractivity contribution in [1.82, 2.24) is 0 Å². The maximum atomic E-state index is 10.8. The van der Waals surface area contributed by atoms with Gasteiger partial charge in [0.15, 0.2) is 5.75 Å². The first-order valence-corrected chi connectivity index (χ1v) is 3.91. The van der Waals surface area contributed by atoms with E-state index in [4.69, 9.17) is 4.74 Å². The molecule has 3 heteroatoms. The predicted octanol–water partition coefficient (Wildman–Crippen LogP) is 2.27. The molecule has 0 aliphatic carbocycles. The normalized spacial score (nSPS) is 14.4. The molecule has 0 amide bonds. The van der Waals surface area contributed by atoms with E-state index < -0.39 is 0 Å². The van der Waals surface area contributed by atoms with Gasteiger partial charge in [-0.2, -0.15) is 0 Å². The minimum Gasteiger partial charge on any atom is -0.481 e. The Balaban J connectivity index is 2.52. The minimum atomic E-state index is 0.0525. The zero-order valence-corrected chi connectivity index (χ0v) is 5.98. The fourth-order valence-corrected chi connectivity index (χ4v) is 1.66. The van der Waals surface area contributed by atoms with Crippen LogP contribution in [0.4, 0.5) is 0 Å². The van der Waals surface area contributed by atoms with Crippen molar-refractivity contribution in [2.24, 2.45) is 0 Å². The quantitative estimate of drug-likeness (QED) is 0.572. The second-order valence-electron chi connectivity index (χ2n) is 2.02. The third-order valence-electron chi connectivity index (χ3n) is 1.34. The molecule has 0 spiro atoms. The highest BCUT2D eigenvalue weighted by molar-refractivity contribution is 7.99. The number of hydrogen-bond acceptors (Lipinski definition) is 2. The lowest BCUT2D eigenvalue weighted by Crippen LogP contribution is -1.80. The topological polar surface area (TPSA) is 29.1 Å². The van der Waals surface area contributed by atoms with Crippen molar-refractivity contribution in [3.63, 3.8) is 0 Å². The Labute approximate surface area is 62.8 Å². The summed E-state index contributed by atoms with van der Waals surface area (Å²) in [6.07, 6.45) is 0. The first kappa shape index (κ1) is 5.92.